The zero-order chi connectivity index (χ0) is 11.3. The predicted molar refractivity (Wildman–Crippen MR) is 57.8 cm³/mol. The lowest BCUT2D eigenvalue weighted by atomic mass is 9.93. The van der Waals surface area contributed by atoms with E-state index in [4.69, 9.17) is 9.47 Å². The summed E-state index contributed by atoms with van der Waals surface area (Å²) in [5.74, 6) is 0. The van der Waals surface area contributed by atoms with Gasteiger partial charge in [0.15, 0.2) is 0 Å². The summed E-state index contributed by atoms with van der Waals surface area (Å²) in [6, 6.07) is 0. The van der Waals surface area contributed by atoms with Gasteiger partial charge in [-0.25, -0.2) is 0 Å². The molecule has 2 aliphatic heterocycles. The molecule has 0 aromatic carbocycles. The first kappa shape index (κ1) is 11.4. The van der Waals surface area contributed by atoms with Crippen LogP contribution in [0.4, 0.5) is 0 Å². The number of ether oxygens (including phenoxy) is 2. The molecule has 0 aromatic heterocycles. The van der Waals surface area contributed by atoms with Crippen LogP contribution in [0.1, 0.15) is 47.0 Å². The highest BCUT2D eigenvalue weighted by Crippen LogP contribution is 2.49. The monoisotopic (exact) mass is 214 g/mol. The molecule has 0 radical (unpaired) electrons. The second-order valence-electron chi connectivity index (χ2n) is 5.63. The van der Waals surface area contributed by atoms with Gasteiger partial charge in [-0.3, -0.25) is 0 Å². The summed E-state index contributed by atoms with van der Waals surface area (Å²) in [6.45, 7) is 8.06. The van der Waals surface area contributed by atoms with Gasteiger partial charge < -0.3 is 14.6 Å². The highest BCUT2D eigenvalue weighted by Gasteiger charge is 2.60. The Morgan fingerprint density at radius 3 is 2.40 bits per heavy atom. The maximum atomic E-state index is 10.3. The molecule has 0 spiro atoms. The second-order valence-corrected chi connectivity index (χ2v) is 5.63. The van der Waals surface area contributed by atoms with E-state index in [1.807, 2.05) is 20.8 Å². The molecular formula is C12H22O3. The number of hydrogen-bond donors (Lipinski definition) is 1. The largest absolute Gasteiger partial charge is 0.387 e. The number of rotatable bonds is 2. The molecule has 0 saturated carbocycles. The molecule has 0 aromatic rings. The first-order valence-electron chi connectivity index (χ1n) is 5.91. The molecule has 2 saturated heterocycles. The normalized spacial score (nSPS) is 50.0. The third-order valence-electron chi connectivity index (χ3n) is 3.75. The minimum absolute atomic E-state index is 0.132. The molecule has 4 atom stereocenters. The van der Waals surface area contributed by atoms with Gasteiger partial charge in [-0.2, -0.15) is 0 Å². The Hall–Kier alpha value is -0.120. The van der Waals surface area contributed by atoms with Crippen molar-refractivity contribution in [1.29, 1.82) is 0 Å². The fraction of sp³-hybridized carbons (Fsp3) is 1.00. The van der Waals surface area contributed by atoms with Gasteiger partial charge in [0, 0.05) is 0 Å². The van der Waals surface area contributed by atoms with E-state index in [9.17, 15) is 5.11 Å². The Kier molecular flexibility index (Phi) is 2.61. The van der Waals surface area contributed by atoms with E-state index in [0.29, 0.717) is 0 Å². The van der Waals surface area contributed by atoms with Gasteiger partial charge in [0.25, 0.3) is 0 Å². The average molecular weight is 214 g/mol. The van der Waals surface area contributed by atoms with Crippen LogP contribution < -0.4 is 0 Å². The quantitative estimate of drug-likeness (QED) is 0.762. The summed E-state index contributed by atoms with van der Waals surface area (Å²) >= 11 is 0. The molecule has 2 rings (SSSR count). The molecule has 0 aliphatic carbocycles. The number of aliphatic hydroxyl groups is 1. The number of hydrogen-bond acceptors (Lipinski definition) is 3. The van der Waals surface area contributed by atoms with Crippen molar-refractivity contribution in [3.05, 3.63) is 0 Å². The fourth-order valence-corrected chi connectivity index (χ4v) is 3.00. The topological polar surface area (TPSA) is 38.7 Å². The van der Waals surface area contributed by atoms with Crippen LogP contribution in [0.2, 0.25) is 0 Å². The van der Waals surface area contributed by atoms with E-state index in [2.05, 4.69) is 6.92 Å². The zero-order valence-electron chi connectivity index (χ0n) is 10.1. The summed E-state index contributed by atoms with van der Waals surface area (Å²) in [5.41, 5.74) is -0.691. The average Bonchev–Trinajstić information content (AvgIpc) is 2.23. The van der Waals surface area contributed by atoms with Crippen molar-refractivity contribution in [3.63, 3.8) is 0 Å². The minimum atomic E-state index is -0.493. The summed E-state index contributed by atoms with van der Waals surface area (Å²) in [7, 11) is 0. The molecule has 0 unspecified atom stereocenters. The fourth-order valence-electron chi connectivity index (χ4n) is 3.00. The molecule has 1 N–H and O–H groups in total. The first-order valence-corrected chi connectivity index (χ1v) is 5.91. The molecule has 2 bridgehead atoms. The lowest BCUT2D eigenvalue weighted by Gasteiger charge is -2.36. The van der Waals surface area contributed by atoms with Crippen molar-refractivity contribution in [2.24, 2.45) is 0 Å². The van der Waals surface area contributed by atoms with Gasteiger partial charge in [0.05, 0.1) is 17.3 Å². The van der Waals surface area contributed by atoms with Crippen molar-refractivity contribution in [2.75, 3.05) is 0 Å². The van der Waals surface area contributed by atoms with Gasteiger partial charge in [-0.15, -0.1) is 0 Å². The van der Waals surface area contributed by atoms with Gasteiger partial charge >= 0.3 is 0 Å². The van der Waals surface area contributed by atoms with Crippen molar-refractivity contribution >= 4 is 0 Å². The molecule has 15 heavy (non-hydrogen) atoms. The Bertz CT molecular complexity index is 253. The highest BCUT2D eigenvalue weighted by molar-refractivity contribution is 5.09. The minimum Gasteiger partial charge on any atom is -0.387 e. The Morgan fingerprint density at radius 1 is 1.27 bits per heavy atom. The summed E-state index contributed by atoms with van der Waals surface area (Å²) in [4.78, 5) is 0. The molecular weight excluding hydrogens is 192 g/mol. The Balaban J connectivity index is 2.23. The number of fused-ring (bicyclic) bond motifs is 2. The third-order valence-corrected chi connectivity index (χ3v) is 3.75. The smallest absolute Gasteiger partial charge is 0.115 e. The van der Waals surface area contributed by atoms with Crippen molar-refractivity contribution in [2.45, 2.75) is 76.5 Å². The van der Waals surface area contributed by atoms with Crippen LogP contribution in [0.15, 0.2) is 0 Å². The third kappa shape index (κ3) is 1.71. The molecule has 88 valence electrons. The van der Waals surface area contributed by atoms with Gasteiger partial charge in [-0.1, -0.05) is 0 Å². The van der Waals surface area contributed by atoms with Crippen LogP contribution in [0, 0.1) is 0 Å². The Morgan fingerprint density at radius 2 is 1.87 bits per heavy atom. The lowest BCUT2D eigenvalue weighted by molar-refractivity contribution is -0.155. The van der Waals surface area contributed by atoms with Crippen molar-refractivity contribution < 1.29 is 14.6 Å². The van der Waals surface area contributed by atoms with Gasteiger partial charge in [0.2, 0.25) is 0 Å². The van der Waals surface area contributed by atoms with E-state index >= 15 is 0 Å². The first-order chi connectivity index (χ1) is 6.87. The summed E-state index contributed by atoms with van der Waals surface area (Å²) in [6.07, 6.45) is 2.49. The molecule has 3 nitrogen and oxygen atoms in total. The standard InChI is InChI=1S/C12H22O3/c1-8(2)14-10-9(13)11(3)6-5-7-12(10,4)15-11/h8-10,13H,5-7H2,1-4H3/t9-,10+,11+,12-/m1/s1. The zero-order valence-corrected chi connectivity index (χ0v) is 10.1. The SMILES string of the molecule is CC(C)O[C@H]1[C@@H](O)[C@]2(C)CCC[C@@]1(C)O2. The predicted octanol–water partition coefficient (Wildman–Crippen LogP) is 1.87. The van der Waals surface area contributed by atoms with Crippen LogP contribution >= 0.6 is 0 Å². The van der Waals surface area contributed by atoms with E-state index in [0.717, 1.165) is 19.3 Å². The molecule has 2 aliphatic rings. The second kappa shape index (κ2) is 3.44. The van der Waals surface area contributed by atoms with E-state index in [1.54, 1.807) is 0 Å². The Labute approximate surface area is 91.8 Å². The van der Waals surface area contributed by atoms with Crippen molar-refractivity contribution in [1.82, 2.24) is 0 Å². The highest BCUT2D eigenvalue weighted by atomic mass is 16.6. The summed E-state index contributed by atoms with van der Waals surface area (Å²) < 4.78 is 11.9. The van der Waals surface area contributed by atoms with Crippen LogP contribution in [0.25, 0.3) is 0 Å². The van der Waals surface area contributed by atoms with Crippen LogP contribution in [-0.4, -0.2) is 34.6 Å². The molecule has 3 heteroatoms. The maximum absolute atomic E-state index is 10.3. The van der Waals surface area contributed by atoms with Crippen LogP contribution in [0.3, 0.4) is 0 Å². The van der Waals surface area contributed by atoms with Crippen molar-refractivity contribution in [3.8, 4) is 0 Å². The summed E-state index contributed by atoms with van der Waals surface area (Å²) in [5, 5.41) is 10.3. The maximum Gasteiger partial charge on any atom is 0.115 e. The van der Waals surface area contributed by atoms with E-state index in [1.165, 1.54) is 0 Å². The molecule has 2 heterocycles. The van der Waals surface area contributed by atoms with E-state index in [-0.39, 0.29) is 17.8 Å². The van der Waals surface area contributed by atoms with Crippen LogP contribution in [0.5, 0.6) is 0 Å². The van der Waals surface area contributed by atoms with Gasteiger partial charge in [-0.05, 0) is 47.0 Å². The number of aliphatic hydroxyl groups excluding tert-OH is 1. The molecule has 2 fully saturated rings. The van der Waals surface area contributed by atoms with Gasteiger partial charge in [0.1, 0.15) is 12.2 Å². The van der Waals surface area contributed by atoms with E-state index < -0.39 is 11.7 Å². The molecule has 0 amide bonds. The van der Waals surface area contributed by atoms with Crippen LogP contribution in [-0.2, 0) is 9.47 Å². The lowest BCUT2D eigenvalue weighted by Crippen LogP contribution is -2.43.